The Labute approximate surface area is 195 Å². The minimum absolute atomic E-state index is 0.150. The quantitative estimate of drug-likeness (QED) is 0.470. The molecule has 3 N–H and O–H groups in total. The second-order valence-electron chi connectivity index (χ2n) is 8.21. The zero-order valence-electron chi connectivity index (χ0n) is 18.4. The minimum atomic E-state index is -0.471. The van der Waals surface area contributed by atoms with Crippen molar-refractivity contribution in [3.05, 3.63) is 72.3 Å². The molecule has 1 fully saturated rings. The summed E-state index contributed by atoms with van der Waals surface area (Å²) in [7, 11) is 0. The highest BCUT2D eigenvalue weighted by Gasteiger charge is 2.28. The molecule has 2 aromatic carbocycles. The Balaban J connectivity index is 1.45. The number of aliphatic hydroxyl groups excluding tert-OH is 1. The molecular weight excluding hydrogens is 437 g/mol. The van der Waals surface area contributed by atoms with Gasteiger partial charge in [-0.05, 0) is 55.3 Å². The van der Waals surface area contributed by atoms with Gasteiger partial charge in [0.15, 0.2) is 11.6 Å². The standard InChI is InChI=1S/C25H24FN5O3/c26-19-3-1-2-4-21(19)34-18-7-5-17(6-8-18)24-29-23(20-9-12-28-25(27)31(20)24)16-10-13-30(14-11-16)22(33)15-32/h1-9,12,16,32H,10-11,13-15H2,(H2,27,28). The molecule has 0 radical (unpaired) electrons. The van der Waals surface area contributed by atoms with E-state index in [4.69, 9.17) is 20.6 Å². The number of nitrogen functional groups attached to an aromatic ring is 1. The van der Waals surface area contributed by atoms with Crippen LogP contribution in [0.5, 0.6) is 11.5 Å². The predicted octanol–water partition coefficient (Wildman–Crippen LogP) is 3.61. The van der Waals surface area contributed by atoms with Crippen molar-refractivity contribution in [2.45, 2.75) is 18.8 Å². The first kappa shape index (κ1) is 21.8. The Bertz CT molecular complexity index is 1330. The Morgan fingerprint density at radius 3 is 2.56 bits per heavy atom. The van der Waals surface area contributed by atoms with Gasteiger partial charge in [-0.1, -0.05) is 12.1 Å². The zero-order valence-corrected chi connectivity index (χ0v) is 18.4. The van der Waals surface area contributed by atoms with E-state index in [0.29, 0.717) is 30.6 Å². The molecule has 34 heavy (non-hydrogen) atoms. The van der Waals surface area contributed by atoms with Crippen LogP contribution in [0.25, 0.3) is 16.9 Å². The number of hydrogen-bond acceptors (Lipinski definition) is 6. The number of aliphatic hydroxyl groups is 1. The van der Waals surface area contributed by atoms with Gasteiger partial charge >= 0.3 is 0 Å². The molecule has 1 saturated heterocycles. The molecule has 2 aromatic heterocycles. The van der Waals surface area contributed by atoms with Crippen LogP contribution in [-0.2, 0) is 4.79 Å². The van der Waals surface area contributed by atoms with Crippen LogP contribution in [0.1, 0.15) is 24.5 Å². The second kappa shape index (κ2) is 9.11. The number of fused-ring (bicyclic) bond motifs is 1. The predicted molar refractivity (Wildman–Crippen MR) is 125 cm³/mol. The summed E-state index contributed by atoms with van der Waals surface area (Å²) in [6.45, 7) is 0.670. The summed E-state index contributed by atoms with van der Waals surface area (Å²) in [5, 5.41) is 9.13. The number of piperidine rings is 1. The van der Waals surface area contributed by atoms with E-state index in [-0.39, 0.29) is 17.6 Å². The third-order valence-corrected chi connectivity index (χ3v) is 6.16. The van der Waals surface area contributed by atoms with E-state index in [2.05, 4.69) is 4.98 Å². The van der Waals surface area contributed by atoms with Gasteiger partial charge in [0.05, 0.1) is 11.2 Å². The van der Waals surface area contributed by atoms with Crippen molar-refractivity contribution in [3.63, 3.8) is 0 Å². The molecule has 8 nitrogen and oxygen atoms in total. The van der Waals surface area contributed by atoms with E-state index in [9.17, 15) is 9.18 Å². The number of benzene rings is 2. The van der Waals surface area contributed by atoms with Crippen LogP contribution in [0.3, 0.4) is 0 Å². The van der Waals surface area contributed by atoms with Crippen molar-refractivity contribution >= 4 is 17.4 Å². The monoisotopic (exact) mass is 461 g/mol. The van der Waals surface area contributed by atoms with Gasteiger partial charge in [-0.2, -0.15) is 0 Å². The van der Waals surface area contributed by atoms with Gasteiger partial charge in [0.2, 0.25) is 11.9 Å². The molecule has 1 aliphatic heterocycles. The number of para-hydroxylation sites is 1. The highest BCUT2D eigenvalue weighted by atomic mass is 19.1. The number of carbonyl (C=O) groups is 1. The summed E-state index contributed by atoms with van der Waals surface area (Å²) in [4.78, 5) is 22.7. The first-order valence-corrected chi connectivity index (χ1v) is 11.1. The fourth-order valence-electron chi connectivity index (χ4n) is 4.41. The number of nitrogens with two attached hydrogens (primary N) is 1. The van der Waals surface area contributed by atoms with Gasteiger partial charge in [-0.15, -0.1) is 0 Å². The summed E-state index contributed by atoms with van der Waals surface area (Å²) >= 11 is 0. The van der Waals surface area contributed by atoms with Crippen molar-refractivity contribution in [2.75, 3.05) is 25.4 Å². The third-order valence-electron chi connectivity index (χ3n) is 6.16. The molecule has 0 aliphatic carbocycles. The number of imidazole rings is 1. The van der Waals surface area contributed by atoms with E-state index in [1.807, 2.05) is 22.6 Å². The zero-order chi connectivity index (χ0) is 23.7. The van der Waals surface area contributed by atoms with Crippen molar-refractivity contribution < 1.29 is 19.0 Å². The van der Waals surface area contributed by atoms with Gasteiger partial charge in [-0.25, -0.2) is 14.4 Å². The van der Waals surface area contributed by atoms with E-state index in [1.54, 1.807) is 41.4 Å². The first-order chi connectivity index (χ1) is 16.5. The Morgan fingerprint density at radius 2 is 1.85 bits per heavy atom. The Morgan fingerprint density at radius 1 is 1.12 bits per heavy atom. The lowest BCUT2D eigenvalue weighted by Crippen LogP contribution is -2.39. The molecule has 0 spiro atoms. The molecule has 4 aromatic rings. The summed E-state index contributed by atoms with van der Waals surface area (Å²) in [6, 6.07) is 15.4. The maximum absolute atomic E-state index is 13.9. The number of rotatable bonds is 5. The summed E-state index contributed by atoms with van der Waals surface area (Å²) in [5.74, 6) is 1.11. The topological polar surface area (TPSA) is 106 Å². The average Bonchev–Trinajstić information content (AvgIpc) is 3.26. The van der Waals surface area contributed by atoms with Crippen molar-refractivity contribution in [3.8, 4) is 22.9 Å². The number of amides is 1. The average molecular weight is 461 g/mol. The van der Waals surface area contributed by atoms with Crippen LogP contribution in [0.2, 0.25) is 0 Å². The number of halogens is 1. The molecule has 0 unspecified atom stereocenters. The highest BCUT2D eigenvalue weighted by molar-refractivity contribution is 5.77. The number of likely N-dealkylation sites (tertiary alicyclic amines) is 1. The van der Waals surface area contributed by atoms with Crippen molar-refractivity contribution in [1.29, 1.82) is 0 Å². The van der Waals surface area contributed by atoms with Crippen LogP contribution in [0.4, 0.5) is 10.3 Å². The molecule has 0 saturated carbocycles. The van der Waals surface area contributed by atoms with E-state index in [1.165, 1.54) is 6.07 Å². The maximum Gasteiger partial charge on any atom is 0.248 e. The number of aromatic nitrogens is 3. The van der Waals surface area contributed by atoms with E-state index >= 15 is 0 Å². The van der Waals surface area contributed by atoms with Crippen LogP contribution in [0, 0.1) is 5.82 Å². The summed E-state index contributed by atoms with van der Waals surface area (Å²) in [5.41, 5.74) is 8.83. The largest absolute Gasteiger partial charge is 0.454 e. The van der Waals surface area contributed by atoms with Gasteiger partial charge in [0.25, 0.3) is 0 Å². The van der Waals surface area contributed by atoms with Crippen LogP contribution in [0.15, 0.2) is 60.8 Å². The van der Waals surface area contributed by atoms with Gasteiger partial charge < -0.3 is 20.5 Å². The van der Waals surface area contributed by atoms with Crippen molar-refractivity contribution in [2.24, 2.45) is 0 Å². The van der Waals surface area contributed by atoms with Crippen molar-refractivity contribution in [1.82, 2.24) is 19.3 Å². The number of nitrogens with zero attached hydrogens (tertiary/aromatic N) is 4. The van der Waals surface area contributed by atoms with Gasteiger partial charge in [0, 0.05) is 30.8 Å². The number of carbonyl (C=O) groups excluding carboxylic acids is 1. The fraction of sp³-hybridized carbons (Fsp3) is 0.240. The number of anilines is 1. The summed E-state index contributed by atoms with van der Waals surface area (Å²) < 4.78 is 21.4. The van der Waals surface area contributed by atoms with Gasteiger partial charge in [0.1, 0.15) is 18.2 Å². The van der Waals surface area contributed by atoms with Crippen LogP contribution >= 0.6 is 0 Å². The molecule has 5 rings (SSSR count). The molecule has 9 heteroatoms. The van der Waals surface area contributed by atoms with E-state index < -0.39 is 12.4 Å². The Hall–Kier alpha value is -3.98. The molecule has 174 valence electrons. The van der Waals surface area contributed by atoms with Gasteiger partial charge in [-0.3, -0.25) is 9.20 Å². The second-order valence-corrected chi connectivity index (χ2v) is 8.21. The van der Waals surface area contributed by atoms with E-state index in [0.717, 1.165) is 29.6 Å². The lowest BCUT2D eigenvalue weighted by molar-refractivity contribution is -0.135. The molecule has 1 aliphatic rings. The number of ether oxygens (including phenoxy) is 1. The maximum atomic E-state index is 13.9. The third kappa shape index (κ3) is 4.06. The lowest BCUT2D eigenvalue weighted by Gasteiger charge is -2.31. The van der Waals surface area contributed by atoms with Crippen LogP contribution in [-0.4, -0.2) is 50.0 Å². The minimum Gasteiger partial charge on any atom is -0.454 e. The van der Waals surface area contributed by atoms with Crippen LogP contribution < -0.4 is 10.5 Å². The molecule has 0 bridgehead atoms. The molecule has 0 atom stereocenters. The number of hydrogen-bond donors (Lipinski definition) is 2. The SMILES string of the molecule is Nc1nccc2c(C3CCN(C(=O)CO)CC3)nc(-c3ccc(Oc4ccccc4F)cc3)n12. The Kier molecular flexibility index (Phi) is 5.85. The molecule has 1 amide bonds. The normalized spacial score (nSPS) is 14.5. The highest BCUT2D eigenvalue weighted by Crippen LogP contribution is 2.35. The summed E-state index contributed by atoms with van der Waals surface area (Å²) in [6.07, 6.45) is 3.15. The molecule has 3 heterocycles. The molecular formula is C25H24FN5O3. The lowest BCUT2D eigenvalue weighted by atomic mass is 9.93. The fourth-order valence-corrected chi connectivity index (χ4v) is 4.41. The smallest absolute Gasteiger partial charge is 0.248 e. The first-order valence-electron chi connectivity index (χ1n) is 11.1.